The lowest BCUT2D eigenvalue weighted by molar-refractivity contribution is 0.0986. The van der Waals surface area contributed by atoms with E-state index in [9.17, 15) is 9.59 Å². The van der Waals surface area contributed by atoms with Gasteiger partial charge in [0.2, 0.25) is 5.88 Å². The van der Waals surface area contributed by atoms with Gasteiger partial charge in [-0.3, -0.25) is 14.3 Å². The molecule has 0 atom stereocenters. The highest BCUT2D eigenvalue weighted by Crippen LogP contribution is 2.26. The molecular formula is C18H17N5O3. The average molecular weight is 351 g/mol. The molecule has 3 aromatic rings. The van der Waals surface area contributed by atoms with Crippen LogP contribution < -0.4 is 10.5 Å². The molecule has 26 heavy (non-hydrogen) atoms. The van der Waals surface area contributed by atoms with E-state index in [2.05, 4.69) is 15.1 Å². The fourth-order valence-electron chi connectivity index (χ4n) is 2.63. The number of carbonyl (C=O) groups excluding carboxylic acids is 2. The van der Waals surface area contributed by atoms with Crippen molar-refractivity contribution < 1.29 is 14.3 Å². The normalized spacial score (nSPS) is 10.5. The molecule has 0 aliphatic rings. The first-order chi connectivity index (χ1) is 12.5. The van der Waals surface area contributed by atoms with Crippen LogP contribution in [-0.2, 0) is 13.5 Å². The molecule has 2 N–H and O–H groups in total. The lowest BCUT2D eigenvalue weighted by Gasteiger charge is -2.07. The van der Waals surface area contributed by atoms with E-state index in [1.54, 1.807) is 43.7 Å². The van der Waals surface area contributed by atoms with Crippen molar-refractivity contribution in [3.8, 4) is 17.1 Å². The van der Waals surface area contributed by atoms with E-state index in [4.69, 9.17) is 10.5 Å². The summed E-state index contributed by atoms with van der Waals surface area (Å²) in [5, 5.41) is 3.99. The maximum atomic E-state index is 12.6. The molecular weight excluding hydrogens is 334 g/mol. The molecule has 132 valence electrons. The molecule has 3 heterocycles. The van der Waals surface area contributed by atoms with E-state index in [0.29, 0.717) is 22.7 Å². The number of amides is 1. The predicted molar refractivity (Wildman–Crippen MR) is 93.8 cm³/mol. The summed E-state index contributed by atoms with van der Waals surface area (Å²) >= 11 is 0. The molecule has 0 saturated heterocycles. The fourth-order valence-corrected chi connectivity index (χ4v) is 2.63. The summed E-state index contributed by atoms with van der Waals surface area (Å²) in [4.78, 5) is 32.7. The Bertz CT molecular complexity index is 980. The second-order valence-corrected chi connectivity index (χ2v) is 5.61. The molecule has 0 unspecified atom stereocenters. The Morgan fingerprint density at radius 2 is 2.04 bits per heavy atom. The second kappa shape index (κ2) is 7.14. The first-order valence-corrected chi connectivity index (χ1v) is 7.81. The number of Topliss-reactive ketones (excluding diaryl/α,β-unsaturated/α-hetero) is 1. The van der Waals surface area contributed by atoms with Gasteiger partial charge in [-0.1, -0.05) is 6.07 Å². The number of ketones is 1. The monoisotopic (exact) mass is 351 g/mol. The zero-order valence-corrected chi connectivity index (χ0v) is 14.3. The Kier molecular flexibility index (Phi) is 4.74. The van der Waals surface area contributed by atoms with Crippen molar-refractivity contribution in [2.45, 2.75) is 6.42 Å². The summed E-state index contributed by atoms with van der Waals surface area (Å²) < 4.78 is 6.69. The van der Waals surface area contributed by atoms with E-state index < -0.39 is 5.91 Å². The van der Waals surface area contributed by atoms with Crippen LogP contribution in [0.3, 0.4) is 0 Å². The van der Waals surface area contributed by atoms with E-state index >= 15 is 0 Å². The average Bonchev–Trinajstić information content (AvgIpc) is 3.02. The zero-order chi connectivity index (χ0) is 18.7. The highest BCUT2D eigenvalue weighted by Gasteiger charge is 2.18. The van der Waals surface area contributed by atoms with Gasteiger partial charge in [0.15, 0.2) is 11.5 Å². The standard InChI is InChI=1S/C18H17N5O3/c1-23-10-11(16(22-23)17(19)25)9-15(24)14-7-3-6-13(21-14)12-5-4-8-20-18(12)26-2/h3-8,10H,9H2,1-2H3,(H2,19,25). The Morgan fingerprint density at radius 3 is 2.77 bits per heavy atom. The molecule has 0 saturated carbocycles. The predicted octanol–water partition coefficient (Wildman–Crippen LogP) is 1.41. The number of nitrogens with two attached hydrogens (primary N) is 1. The molecule has 3 aromatic heterocycles. The van der Waals surface area contributed by atoms with Crippen LogP contribution >= 0.6 is 0 Å². The Hall–Kier alpha value is -3.55. The quantitative estimate of drug-likeness (QED) is 0.672. The van der Waals surface area contributed by atoms with Gasteiger partial charge in [-0.2, -0.15) is 5.10 Å². The SMILES string of the molecule is COc1ncccc1-c1cccc(C(=O)Cc2cn(C)nc2C(N)=O)n1. The van der Waals surface area contributed by atoms with E-state index in [1.165, 1.54) is 11.8 Å². The van der Waals surface area contributed by atoms with Crippen molar-refractivity contribution in [2.24, 2.45) is 12.8 Å². The summed E-state index contributed by atoms with van der Waals surface area (Å²) in [6.07, 6.45) is 3.20. The zero-order valence-electron chi connectivity index (χ0n) is 14.3. The number of hydrogen-bond acceptors (Lipinski definition) is 6. The van der Waals surface area contributed by atoms with E-state index in [-0.39, 0.29) is 23.6 Å². The van der Waals surface area contributed by atoms with Gasteiger partial charge in [0.25, 0.3) is 5.91 Å². The number of nitrogens with zero attached hydrogens (tertiary/aromatic N) is 4. The number of pyridine rings is 2. The lowest BCUT2D eigenvalue weighted by Crippen LogP contribution is -2.16. The molecule has 0 aliphatic carbocycles. The molecule has 0 aromatic carbocycles. The van der Waals surface area contributed by atoms with Gasteiger partial charge in [-0.15, -0.1) is 0 Å². The van der Waals surface area contributed by atoms with Crippen molar-refractivity contribution in [3.05, 3.63) is 59.7 Å². The topological polar surface area (TPSA) is 113 Å². The van der Waals surface area contributed by atoms with Crippen LogP contribution in [0, 0.1) is 0 Å². The molecule has 0 spiro atoms. The van der Waals surface area contributed by atoms with Crippen molar-refractivity contribution in [3.63, 3.8) is 0 Å². The number of aryl methyl sites for hydroxylation is 1. The third kappa shape index (κ3) is 3.44. The van der Waals surface area contributed by atoms with Gasteiger partial charge in [-0.05, 0) is 24.3 Å². The summed E-state index contributed by atoms with van der Waals surface area (Å²) in [6, 6.07) is 8.71. The number of ether oxygens (including phenoxy) is 1. The largest absolute Gasteiger partial charge is 0.481 e. The minimum atomic E-state index is -0.671. The van der Waals surface area contributed by atoms with Crippen molar-refractivity contribution in [2.75, 3.05) is 7.11 Å². The van der Waals surface area contributed by atoms with Crippen molar-refractivity contribution in [1.29, 1.82) is 0 Å². The van der Waals surface area contributed by atoms with Gasteiger partial charge >= 0.3 is 0 Å². The van der Waals surface area contributed by atoms with Gasteiger partial charge in [0.05, 0.1) is 18.4 Å². The summed E-state index contributed by atoms with van der Waals surface area (Å²) in [7, 11) is 3.18. The minimum Gasteiger partial charge on any atom is -0.481 e. The summed E-state index contributed by atoms with van der Waals surface area (Å²) in [5.74, 6) is -0.492. The third-order valence-corrected chi connectivity index (χ3v) is 3.76. The van der Waals surface area contributed by atoms with Crippen LogP contribution in [0.2, 0.25) is 0 Å². The van der Waals surface area contributed by atoms with Crippen LogP contribution in [0.1, 0.15) is 26.5 Å². The van der Waals surface area contributed by atoms with Crippen LogP contribution in [0.4, 0.5) is 0 Å². The molecule has 1 amide bonds. The number of aromatic nitrogens is 4. The van der Waals surface area contributed by atoms with Crippen LogP contribution in [0.25, 0.3) is 11.3 Å². The highest BCUT2D eigenvalue weighted by atomic mass is 16.5. The molecule has 0 radical (unpaired) electrons. The second-order valence-electron chi connectivity index (χ2n) is 5.61. The van der Waals surface area contributed by atoms with Crippen molar-refractivity contribution in [1.82, 2.24) is 19.7 Å². The molecule has 8 heteroatoms. The Morgan fingerprint density at radius 1 is 1.23 bits per heavy atom. The Labute approximate surface area is 149 Å². The first kappa shape index (κ1) is 17.3. The third-order valence-electron chi connectivity index (χ3n) is 3.76. The maximum Gasteiger partial charge on any atom is 0.269 e. The lowest BCUT2D eigenvalue weighted by atomic mass is 10.1. The molecule has 0 fully saturated rings. The number of methoxy groups -OCH3 is 1. The molecule has 0 bridgehead atoms. The number of rotatable bonds is 6. The van der Waals surface area contributed by atoms with Gasteiger partial charge in [-0.25, -0.2) is 9.97 Å². The number of hydrogen-bond donors (Lipinski definition) is 1. The molecule has 0 aliphatic heterocycles. The summed E-state index contributed by atoms with van der Waals surface area (Å²) in [6.45, 7) is 0. The number of primary amides is 1. The molecule has 8 nitrogen and oxygen atoms in total. The molecule has 3 rings (SSSR count). The van der Waals surface area contributed by atoms with Crippen molar-refractivity contribution >= 4 is 11.7 Å². The van der Waals surface area contributed by atoms with Crippen LogP contribution in [-0.4, -0.2) is 38.5 Å². The van der Waals surface area contributed by atoms with Crippen LogP contribution in [0.5, 0.6) is 5.88 Å². The minimum absolute atomic E-state index is 0.0211. The first-order valence-electron chi connectivity index (χ1n) is 7.81. The maximum absolute atomic E-state index is 12.6. The van der Waals surface area contributed by atoms with Gasteiger partial charge in [0, 0.05) is 31.4 Å². The Balaban J connectivity index is 1.91. The fraction of sp³-hybridized carbons (Fsp3) is 0.167. The smallest absolute Gasteiger partial charge is 0.269 e. The van der Waals surface area contributed by atoms with E-state index in [1.807, 2.05) is 6.07 Å². The van der Waals surface area contributed by atoms with E-state index in [0.717, 1.165) is 0 Å². The van der Waals surface area contributed by atoms with Gasteiger partial charge in [0.1, 0.15) is 5.69 Å². The summed E-state index contributed by atoms with van der Waals surface area (Å²) in [5.41, 5.74) is 7.40. The van der Waals surface area contributed by atoms with Crippen LogP contribution in [0.15, 0.2) is 42.7 Å². The highest BCUT2D eigenvalue weighted by molar-refractivity contribution is 5.99. The van der Waals surface area contributed by atoms with Gasteiger partial charge < -0.3 is 10.5 Å². The number of carbonyl (C=O) groups is 2.